The molecule has 0 aliphatic carbocycles. The molecule has 6 heteroatoms. The highest BCUT2D eigenvalue weighted by Crippen LogP contribution is 2.00. The molecule has 0 aromatic carbocycles. The summed E-state index contributed by atoms with van der Waals surface area (Å²) in [5.41, 5.74) is 2.44. The second-order valence-corrected chi connectivity index (χ2v) is 5.02. The molecule has 0 fully saturated rings. The van der Waals surface area contributed by atoms with Crippen LogP contribution in [0.4, 0.5) is 0 Å². The van der Waals surface area contributed by atoms with Crippen LogP contribution in [0.5, 0.6) is 0 Å². The highest BCUT2D eigenvalue weighted by atomic mass is 32.2. The molecule has 0 bridgehead atoms. The van der Waals surface area contributed by atoms with Crippen LogP contribution in [0.1, 0.15) is 12.6 Å². The summed E-state index contributed by atoms with van der Waals surface area (Å²) in [6.45, 7) is 1.89. The standard InChI is InChI=1S/C6H10N2O2S2/c1-2-12(9,10)8-3-6-4-11-5-7-6/h4-5,8H,2-3H2,1H3. The van der Waals surface area contributed by atoms with E-state index in [9.17, 15) is 8.42 Å². The molecular weight excluding hydrogens is 196 g/mol. The van der Waals surface area contributed by atoms with Gasteiger partial charge in [0.2, 0.25) is 10.0 Å². The largest absolute Gasteiger partial charge is 0.248 e. The summed E-state index contributed by atoms with van der Waals surface area (Å²) < 4.78 is 24.3. The monoisotopic (exact) mass is 206 g/mol. The number of thiazole rings is 1. The maximum atomic E-state index is 11.0. The van der Waals surface area contributed by atoms with Crippen LogP contribution < -0.4 is 4.72 Å². The van der Waals surface area contributed by atoms with Crippen LogP contribution in [0.25, 0.3) is 0 Å². The summed E-state index contributed by atoms with van der Waals surface area (Å²) in [7, 11) is -3.08. The van der Waals surface area contributed by atoms with Crippen LogP contribution in [-0.4, -0.2) is 19.2 Å². The van der Waals surface area contributed by atoms with Crippen LogP contribution in [0.15, 0.2) is 10.9 Å². The maximum absolute atomic E-state index is 11.0. The first-order valence-electron chi connectivity index (χ1n) is 3.48. The lowest BCUT2D eigenvalue weighted by Gasteiger charge is -2.00. The number of nitrogens with one attached hydrogen (secondary N) is 1. The molecule has 0 atom stereocenters. The number of hydrogen-bond acceptors (Lipinski definition) is 4. The Bertz CT molecular complexity index is 317. The quantitative estimate of drug-likeness (QED) is 0.784. The topological polar surface area (TPSA) is 59.1 Å². The molecule has 1 heterocycles. The highest BCUT2D eigenvalue weighted by molar-refractivity contribution is 7.89. The van der Waals surface area contributed by atoms with E-state index in [4.69, 9.17) is 0 Å². The second-order valence-electron chi connectivity index (χ2n) is 2.20. The number of rotatable bonds is 4. The zero-order valence-corrected chi connectivity index (χ0v) is 8.28. The lowest BCUT2D eigenvalue weighted by molar-refractivity contribution is 0.582. The SMILES string of the molecule is CCS(=O)(=O)NCc1cscn1. The summed E-state index contributed by atoms with van der Waals surface area (Å²) in [6, 6.07) is 0. The van der Waals surface area contributed by atoms with Crippen molar-refractivity contribution in [1.29, 1.82) is 0 Å². The third-order valence-corrected chi connectivity index (χ3v) is 3.32. The molecule has 12 heavy (non-hydrogen) atoms. The van der Waals surface area contributed by atoms with Crippen molar-refractivity contribution in [2.45, 2.75) is 13.5 Å². The molecule has 68 valence electrons. The average Bonchev–Trinajstić information content (AvgIpc) is 2.53. The van der Waals surface area contributed by atoms with Gasteiger partial charge in [0.1, 0.15) is 0 Å². The fraction of sp³-hybridized carbons (Fsp3) is 0.500. The Morgan fingerprint density at radius 1 is 1.67 bits per heavy atom. The summed E-state index contributed by atoms with van der Waals surface area (Å²) in [6.07, 6.45) is 0. The molecule has 1 N–H and O–H groups in total. The Labute approximate surface area is 75.7 Å². The van der Waals surface area contributed by atoms with E-state index in [1.165, 1.54) is 11.3 Å². The molecular formula is C6H10N2O2S2. The minimum Gasteiger partial charge on any atom is -0.248 e. The molecule has 0 spiro atoms. The molecule has 1 rings (SSSR count). The van der Waals surface area contributed by atoms with Gasteiger partial charge in [0, 0.05) is 5.38 Å². The fourth-order valence-electron chi connectivity index (χ4n) is 0.611. The Balaban J connectivity index is 2.47. The first kappa shape index (κ1) is 9.63. The van der Waals surface area contributed by atoms with Crippen LogP contribution in [0, 0.1) is 0 Å². The van der Waals surface area contributed by atoms with Gasteiger partial charge in [-0.2, -0.15) is 0 Å². The van der Waals surface area contributed by atoms with Gasteiger partial charge < -0.3 is 0 Å². The summed E-state index contributed by atoms with van der Waals surface area (Å²) in [5.74, 6) is 0.108. The lowest BCUT2D eigenvalue weighted by Crippen LogP contribution is -2.24. The predicted octanol–water partition coefficient (Wildman–Crippen LogP) is 0.582. The van der Waals surface area contributed by atoms with Gasteiger partial charge in [-0.3, -0.25) is 0 Å². The van der Waals surface area contributed by atoms with Crippen LogP contribution in [0.3, 0.4) is 0 Å². The Morgan fingerprint density at radius 2 is 2.42 bits per heavy atom. The zero-order valence-electron chi connectivity index (χ0n) is 6.65. The maximum Gasteiger partial charge on any atom is 0.211 e. The van der Waals surface area contributed by atoms with E-state index in [2.05, 4.69) is 9.71 Å². The van der Waals surface area contributed by atoms with Gasteiger partial charge in [-0.1, -0.05) is 0 Å². The molecule has 0 saturated carbocycles. The number of hydrogen-bond donors (Lipinski definition) is 1. The van der Waals surface area contributed by atoms with Crippen molar-refractivity contribution in [2.24, 2.45) is 0 Å². The summed E-state index contributed by atoms with van der Waals surface area (Å²) in [4.78, 5) is 3.95. The summed E-state index contributed by atoms with van der Waals surface area (Å²) >= 11 is 1.45. The second kappa shape index (κ2) is 3.97. The molecule has 0 amide bonds. The van der Waals surface area contributed by atoms with Crippen LogP contribution in [0.2, 0.25) is 0 Å². The number of sulfonamides is 1. The van der Waals surface area contributed by atoms with Gasteiger partial charge in [0.05, 0.1) is 23.5 Å². The normalized spacial score (nSPS) is 11.8. The van der Waals surface area contributed by atoms with Crippen LogP contribution >= 0.6 is 11.3 Å². The van der Waals surface area contributed by atoms with E-state index < -0.39 is 10.0 Å². The third-order valence-electron chi connectivity index (χ3n) is 1.34. The van der Waals surface area contributed by atoms with Gasteiger partial charge in [-0.25, -0.2) is 18.1 Å². The molecule has 0 unspecified atom stereocenters. The van der Waals surface area contributed by atoms with E-state index in [-0.39, 0.29) is 5.75 Å². The predicted molar refractivity (Wildman–Crippen MR) is 48.4 cm³/mol. The number of aromatic nitrogens is 1. The molecule has 0 aliphatic rings. The first-order chi connectivity index (χ1) is 5.64. The third kappa shape index (κ3) is 2.88. The molecule has 0 saturated heterocycles. The Hall–Kier alpha value is -0.460. The van der Waals surface area contributed by atoms with Gasteiger partial charge in [-0.05, 0) is 6.92 Å². The van der Waals surface area contributed by atoms with Crippen molar-refractivity contribution in [3.8, 4) is 0 Å². The number of nitrogens with zero attached hydrogens (tertiary/aromatic N) is 1. The highest BCUT2D eigenvalue weighted by Gasteiger charge is 2.05. The fourth-order valence-corrected chi connectivity index (χ4v) is 1.74. The minimum atomic E-state index is -3.08. The van der Waals surface area contributed by atoms with Crippen molar-refractivity contribution >= 4 is 21.4 Å². The molecule has 0 radical (unpaired) electrons. The van der Waals surface area contributed by atoms with Gasteiger partial charge in [-0.15, -0.1) is 11.3 Å². The molecule has 0 aliphatic heterocycles. The Kier molecular flexibility index (Phi) is 3.19. The van der Waals surface area contributed by atoms with Crippen LogP contribution in [-0.2, 0) is 16.6 Å². The van der Waals surface area contributed by atoms with Gasteiger partial charge in [0.25, 0.3) is 0 Å². The van der Waals surface area contributed by atoms with E-state index in [1.54, 1.807) is 12.4 Å². The minimum absolute atomic E-state index is 0.108. The van der Waals surface area contributed by atoms with Gasteiger partial charge in [0.15, 0.2) is 0 Å². The van der Waals surface area contributed by atoms with E-state index in [0.717, 1.165) is 5.69 Å². The van der Waals surface area contributed by atoms with Crippen molar-refractivity contribution in [3.63, 3.8) is 0 Å². The van der Waals surface area contributed by atoms with E-state index in [0.29, 0.717) is 6.54 Å². The first-order valence-corrected chi connectivity index (χ1v) is 6.08. The van der Waals surface area contributed by atoms with E-state index in [1.807, 2.05) is 5.38 Å². The van der Waals surface area contributed by atoms with E-state index >= 15 is 0 Å². The van der Waals surface area contributed by atoms with Gasteiger partial charge >= 0.3 is 0 Å². The summed E-state index contributed by atoms with van der Waals surface area (Å²) in [5, 5.41) is 1.82. The smallest absolute Gasteiger partial charge is 0.211 e. The molecule has 1 aromatic heterocycles. The molecule has 1 aromatic rings. The Morgan fingerprint density at radius 3 is 2.92 bits per heavy atom. The zero-order chi connectivity index (χ0) is 9.03. The lowest BCUT2D eigenvalue weighted by atomic mass is 10.5. The van der Waals surface area contributed by atoms with Crippen molar-refractivity contribution in [1.82, 2.24) is 9.71 Å². The van der Waals surface area contributed by atoms with Crippen molar-refractivity contribution in [2.75, 3.05) is 5.75 Å². The average molecular weight is 206 g/mol. The van der Waals surface area contributed by atoms with Crippen molar-refractivity contribution in [3.05, 3.63) is 16.6 Å². The van der Waals surface area contributed by atoms with Crippen molar-refractivity contribution < 1.29 is 8.42 Å². The molecule has 4 nitrogen and oxygen atoms in total.